The maximum atomic E-state index is 5.39. The van der Waals surface area contributed by atoms with Crippen LogP contribution in [0.2, 0.25) is 0 Å². The summed E-state index contributed by atoms with van der Waals surface area (Å²) < 4.78 is 5.39. The zero-order valence-corrected chi connectivity index (χ0v) is 11.9. The summed E-state index contributed by atoms with van der Waals surface area (Å²) in [5.74, 6) is 0.847. The van der Waals surface area contributed by atoms with Crippen LogP contribution in [0.1, 0.15) is 31.4 Å². The Bertz CT molecular complexity index is 449. The van der Waals surface area contributed by atoms with Crippen LogP contribution in [0, 0.1) is 6.92 Å². The van der Waals surface area contributed by atoms with E-state index in [1.165, 1.54) is 38.8 Å². The van der Waals surface area contributed by atoms with Gasteiger partial charge in [0.2, 0.25) is 0 Å². The Hall–Kier alpha value is -1.29. The number of nitrogens with zero attached hydrogens (tertiary/aromatic N) is 2. The first-order chi connectivity index (χ1) is 9.26. The molecule has 0 bridgehead atoms. The standard InChI is InChI=1S/C15H23N3O/c1-11-8-14(15(19-2)10-16-11)17-12-5-7-18-6-3-4-13(18)9-12/h8,10,12-13H,3-7,9H2,1-2H3,(H,16,17). The van der Waals surface area contributed by atoms with Gasteiger partial charge >= 0.3 is 0 Å². The van der Waals surface area contributed by atoms with Crippen LogP contribution in [-0.2, 0) is 0 Å². The highest BCUT2D eigenvalue weighted by Gasteiger charge is 2.31. The van der Waals surface area contributed by atoms with E-state index in [0.717, 1.165) is 23.2 Å². The Morgan fingerprint density at radius 2 is 2.26 bits per heavy atom. The summed E-state index contributed by atoms with van der Waals surface area (Å²) in [5.41, 5.74) is 2.12. The summed E-state index contributed by atoms with van der Waals surface area (Å²) >= 11 is 0. The molecule has 0 saturated carbocycles. The third kappa shape index (κ3) is 2.68. The van der Waals surface area contributed by atoms with E-state index in [9.17, 15) is 0 Å². The lowest BCUT2D eigenvalue weighted by atomic mass is 9.97. The zero-order valence-electron chi connectivity index (χ0n) is 11.9. The Balaban J connectivity index is 1.69. The number of aryl methyl sites for hydroxylation is 1. The molecule has 4 heteroatoms. The highest BCUT2D eigenvalue weighted by Crippen LogP contribution is 2.31. The van der Waals surface area contributed by atoms with Crippen molar-refractivity contribution in [1.29, 1.82) is 0 Å². The Morgan fingerprint density at radius 3 is 3.11 bits per heavy atom. The van der Waals surface area contributed by atoms with Crippen molar-refractivity contribution in [3.63, 3.8) is 0 Å². The van der Waals surface area contributed by atoms with Crippen molar-refractivity contribution in [3.8, 4) is 5.75 Å². The molecule has 3 rings (SSSR count). The molecule has 0 spiro atoms. The Morgan fingerprint density at radius 1 is 1.37 bits per heavy atom. The van der Waals surface area contributed by atoms with Crippen LogP contribution >= 0.6 is 0 Å². The molecule has 0 aliphatic carbocycles. The Kier molecular flexibility index (Phi) is 3.60. The third-order valence-corrected chi connectivity index (χ3v) is 4.40. The molecule has 0 radical (unpaired) electrons. The van der Waals surface area contributed by atoms with Crippen molar-refractivity contribution in [3.05, 3.63) is 18.0 Å². The van der Waals surface area contributed by atoms with Gasteiger partial charge in [0.1, 0.15) is 0 Å². The molecule has 1 aromatic rings. The monoisotopic (exact) mass is 261 g/mol. The minimum absolute atomic E-state index is 0.565. The molecular weight excluding hydrogens is 238 g/mol. The molecule has 3 heterocycles. The van der Waals surface area contributed by atoms with Gasteiger partial charge in [-0.3, -0.25) is 4.98 Å². The molecule has 2 fully saturated rings. The van der Waals surface area contributed by atoms with Gasteiger partial charge in [0.25, 0.3) is 0 Å². The van der Waals surface area contributed by atoms with Crippen molar-refractivity contribution in [1.82, 2.24) is 9.88 Å². The van der Waals surface area contributed by atoms with Crippen molar-refractivity contribution in [2.24, 2.45) is 0 Å². The number of hydrogen-bond donors (Lipinski definition) is 1. The number of aromatic nitrogens is 1. The minimum Gasteiger partial charge on any atom is -0.493 e. The lowest BCUT2D eigenvalue weighted by Gasteiger charge is -2.35. The predicted molar refractivity (Wildman–Crippen MR) is 76.8 cm³/mol. The SMILES string of the molecule is COc1cnc(C)cc1NC1CCN2CCCC2C1. The van der Waals surface area contributed by atoms with E-state index in [0.29, 0.717) is 6.04 Å². The van der Waals surface area contributed by atoms with Gasteiger partial charge in [-0.2, -0.15) is 0 Å². The fraction of sp³-hybridized carbons (Fsp3) is 0.667. The third-order valence-electron chi connectivity index (χ3n) is 4.40. The number of ether oxygens (including phenoxy) is 1. The molecular formula is C15H23N3O. The lowest BCUT2D eigenvalue weighted by Crippen LogP contribution is -2.42. The average molecular weight is 261 g/mol. The van der Waals surface area contributed by atoms with Crippen LogP contribution in [-0.4, -0.2) is 42.2 Å². The summed E-state index contributed by atoms with van der Waals surface area (Å²) in [6, 6.07) is 3.44. The fourth-order valence-corrected chi connectivity index (χ4v) is 3.40. The number of pyridine rings is 1. The van der Waals surface area contributed by atoms with Crippen LogP contribution in [0.25, 0.3) is 0 Å². The molecule has 1 aromatic heterocycles. The molecule has 2 saturated heterocycles. The second-order valence-corrected chi connectivity index (χ2v) is 5.72. The number of anilines is 1. The second kappa shape index (κ2) is 5.37. The van der Waals surface area contributed by atoms with Crippen LogP contribution in [0.4, 0.5) is 5.69 Å². The van der Waals surface area contributed by atoms with E-state index in [1.807, 2.05) is 13.1 Å². The van der Waals surface area contributed by atoms with E-state index < -0.39 is 0 Å². The minimum atomic E-state index is 0.565. The smallest absolute Gasteiger partial charge is 0.160 e. The van der Waals surface area contributed by atoms with Gasteiger partial charge in [-0.1, -0.05) is 0 Å². The average Bonchev–Trinajstić information content (AvgIpc) is 2.86. The van der Waals surface area contributed by atoms with Gasteiger partial charge in [-0.15, -0.1) is 0 Å². The fourth-order valence-electron chi connectivity index (χ4n) is 3.40. The molecule has 2 aliphatic heterocycles. The van der Waals surface area contributed by atoms with E-state index in [-0.39, 0.29) is 0 Å². The van der Waals surface area contributed by atoms with Crippen molar-refractivity contribution in [2.45, 2.75) is 44.7 Å². The summed E-state index contributed by atoms with van der Waals surface area (Å²) in [6.45, 7) is 4.55. The topological polar surface area (TPSA) is 37.4 Å². The first kappa shape index (κ1) is 12.7. The molecule has 1 N–H and O–H groups in total. The van der Waals surface area contributed by atoms with Gasteiger partial charge in [-0.05, 0) is 45.2 Å². The lowest BCUT2D eigenvalue weighted by molar-refractivity contribution is 0.188. The largest absolute Gasteiger partial charge is 0.493 e. The molecule has 0 aromatic carbocycles. The van der Waals surface area contributed by atoms with E-state index in [2.05, 4.69) is 21.3 Å². The number of hydrogen-bond acceptors (Lipinski definition) is 4. The highest BCUT2D eigenvalue weighted by molar-refractivity contribution is 5.56. The van der Waals surface area contributed by atoms with Gasteiger partial charge in [-0.25, -0.2) is 0 Å². The molecule has 2 aliphatic rings. The number of fused-ring (bicyclic) bond motifs is 1. The highest BCUT2D eigenvalue weighted by atomic mass is 16.5. The van der Waals surface area contributed by atoms with Crippen molar-refractivity contribution >= 4 is 5.69 Å². The summed E-state index contributed by atoms with van der Waals surface area (Å²) in [7, 11) is 1.71. The summed E-state index contributed by atoms with van der Waals surface area (Å²) in [6.07, 6.45) is 7.02. The number of methoxy groups -OCH3 is 1. The quantitative estimate of drug-likeness (QED) is 0.907. The van der Waals surface area contributed by atoms with Gasteiger partial charge in [0.05, 0.1) is 19.0 Å². The molecule has 104 valence electrons. The predicted octanol–water partition coefficient (Wildman–Crippen LogP) is 2.44. The second-order valence-electron chi connectivity index (χ2n) is 5.72. The maximum Gasteiger partial charge on any atom is 0.160 e. The van der Waals surface area contributed by atoms with Gasteiger partial charge < -0.3 is 15.0 Å². The van der Waals surface area contributed by atoms with E-state index in [4.69, 9.17) is 4.74 Å². The molecule has 0 amide bonds. The molecule has 4 nitrogen and oxygen atoms in total. The van der Waals surface area contributed by atoms with Crippen LogP contribution in [0.5, 0.6) is 5.75 Å². The number of piperidine rings is 1. The van der Waals surface area contributed by atoms with Crippen LogP contribution in [0.15, 0.2) is 12.3 Å². The molecule has 19 heavy (non-hydrogen) atoms. The Labute approximate surface area is 115 Å². The first-order valence-electron chi connectivity index (χ1n) is 7.27. The summed E-state index contributed by atoms with van der Waals surface area (Å²) in [4.78, 5) is 6.93. The van der Waals surface area contributed by atoms with Crippen molar-refractivity contribution < 1.29 is 4.74 Å². The van der Waals surface area contributed by atoms with E-state index >= 15 is 0 Å². The zero-order chi connectivity index (χ0) is 13.2. The number of rotatable bonds is 3. The van der Waals surface area contributed by atoms with Crippen LogP contribution < -0.4 is 10.1 Å². The normalized spacial score (nSPS) is 27.1. The first-order valence-corrected chi connectivity index (χ1v) is 7.27. The number of nitrogens with one attached hydrogen (secondary N) is 1. The molecule has 2 unspecified atom stereocenters. The summed E-state index contributed by atoms with van der Waals surface area (Å²) in [5, 5.41) is 3.66. The molecule has 2 atom stereocenters. The van der Waals surface area contributed by atoms with Gasteiger partial charge in [0.15, 0.2) is 5.75 Å². The van der Waals surface area contributed by atoms with E-state index in [1.54, 1.807) is 7.11 Å². The van der Waals surface area contributed by atoms with Crippen molar-refractivity contribution in [2.75, 3.05) is 25.5 Å². The maximum absolute atomic E-state index is 5.39. The van der Waals surface area contributed by atoms with Crippen LogP contribution in [0.3, 0.4) is 0 Å². The van der Waals surface area contributed by atoms with Gasteiger partial charge in [0, 0.05) is 24.3 Å².